The summed E-state index contributed by atoms with van der Waals surface area (Å²) in [5, 5.41) is 18.4. The van der Waals surface area contributed by atoms with Gasteiger partial charge in [0.05, 0.1) is 4.91 Å². The lowest BCUT2D eigenvalue weighted by molar-refractivity contribution is -0.137. The summed E-state index contributed by atoms with van der Waals surface area (Å²) < 4.78 is 0.495. The second kappa shape index (κ2) is 8.12. The summed E-state index contributed by atoms with van der Waals surface area (Å²) >= 11 is 6.45. The van der Waals surface area contributed by atoms with Crippen LogP contribution in [0.25, 0.3) is 6.08 Å². The average Bonchev–Trinajstić information content (AvgIpc) is 2.76. The van der Waals surface area contributed by atoms with Crippen LogP contribution in [0.2, 0.25) is 0 Å². The number of aromatic hydroxyl groups is 1. The van der Waals surface area contributed by atoms with Crippen LogP contribution in [-0.4, -0.2) is 37.9 Å². The number of hydrogen-bond donors (Lipinski definition) is 2. The van der Waals surface area contributed by atoms with Gasteiger partial charge in [-0.3, -0.25) is 14.5 Å². The van der Waals surface area contributed by atoms with Crippen LogP contribution in [0.4, 0.5) is 0 Å². The first-order chi connectivity index (χ1) is 11.0. The van der Waals surface area contributed by atoms with Crippen molar-refractivity contribution < 1.29 is 19.8 Å². The summed E-state index contributed by atoms with van der Waals surface area (Å²) in [5.74, 6) is -0.853. The van der Waals surface area contributed by atoms with Crippen molar-refractivity contribution in [1.82, 2.24) is 4.90 Å². The Balaban J connectivity index is 1.95. The highest BCUT2D eigenvalue weighted by atomic mass is 32.2. The van der Waals surface area contributed by atoms with Gasteiger partial charge in [-0.25, -0.2) is 0 Å². The second-order valence-electron chi connectivity index (χ2n) is 5.10. The first-order valence-electron chi connectivity index (χ1n) is 7.24. The summed E-state index contributed by atoms with van der Waals surface area (Å²) in [6.07, 6.45) is 3.83. The minimum Gasteiger partial charge on any atom is -0.507 e. The van der Waals surface area contributed by atoms with Gasteiger partial charge in [-0.2, -0.15) is 0 Å². The number of thiocarbonyl (C=S) groups is 1. The maximum absolute atomic E-state index is 12.4. The van der Waals surface area contributed by atoms with Crippen molar-refractivity contribution in [1.29, 1.82) is 0 Å². The van der Waals surface area contributed by atoms with Gasteiger partial charge in [-0.05, 0) is 25.0 Å². The van der Waals surface area contributed by atoms with Gasteiger partial charge in [0.1, 0.15) is 10.1 Å². The number of carbonyl (C=O) groups excluding carboxylic acids is 1. The Kier molecular flexibility index (Phi) is 6.18. The van der Waals surface area contributed by atoms with Crippen molar-refractivity contribution in [3.8, 4) is 5.75 Å². The maximum Gasteiger partial charge on any atom is 0.303 e. The summed E-state index contributed by atoms with van der Waals surface area (Å²) in [5.41, 5.74) is 0.578. The molecule has 0 unspecified atom stereocenters. The van der Waals surface area contributed by atoms with Crippen molar-refractivity contribution in [3.05, 3.63) is 34.7 Å². The van der Waals surface area contributed by atoms with Crippen LogP contribution in [0.1, 0.15) is 31.2 Å². The fraction of sp³-hybridized carbons (Fsp3) is 0.312. The van der Waals surface area contributed by atoms with Gasteiger partial charge in [0.25, 0.3) is 5.91 Å². The van der Waals surface area contributed by atoms with E-state index in [9.17, 15) is 14.7 Å². The molecular formula is C16H17NO4S2. The number of phenolic OH excluding ortho intramolecular Hbond substituents is 1. The first kappa shape index (κ1) is 17.5. The molecule has 0 saturated carbocycles. The van der Waals surface area contributed by atoms with Crippen molar-refractivity contribution >= 4 is 46.3 Å². The maximum atomic E-state index is 12.4. The number of unbranched alkanes of at least 4 members (excludes halogenated alkanes) is 2. The third-order valence-corrected chi connectivity index (χ3v) is 4.75. The van der Waals surface area contributed by atoms with E-state index in [1.807, 2.05) is 0 Å². The van der Waals surface area contributed by atoms with Gasteiger partial charge in [0.2, 0.25) is 0 Å². The number of nitrogens with zero attached hydrogens (tertiary/aromatic N) is 1. The Morgan fingerprint density at radius 2 is 2.00 bits per heavy atom. The molecule has 1 aliphatic rings. The molecule has 23 heavy (non-hydrogen) atoms. The first-order valence-corrected chi connectivity index (χ1v) is 8.46. The van der Waals surface area contributed by atoms with E-state index in [0.29, 0.717) is 34.2 Å². The number of hydrogen-bond acceptors (Lipinski definition) is 5. The number of amides is 1. The van der Waals surface area contributed by atoms with Crippen LogP contribution in [-0.2, 0) is 9.59 Å². The minimum atomic E-state index is -0.804. The van der Waals surface area contributed by atoms with Crippen LogP contribution >= 0.6 is 24.0 Å². The molecule has 1 aromatic carbocycles. The summed E-state index contributed by atoms with van der Waals surface area (Å²) in [7, 11) is 0. The molecule has 0 radical (unpaired) electrons. The van der Waals surface area contributed by atoms with Crippen molar-refractivity contribution in [2.75, 3.05) is 6.54 Å². The Hall–Kier alpha value is -1.86. The van der Waals surface area contributed by atoms with Gasteiger partial charge in [0, 0.05) is 18.5 Å². The lowest BCUT2D eigenvalue weighted by atomic mass is 10.1. The molecule has 1 aliphatic heterocycles. The smallest absolute Gasteiger partial charge is 0.303 e. The largest absolute Gasteiger partial charge is 0.507 e. The number of benzene rings is 1. The van der Waals surface area contributed by atoms with E-state index in [0.717, 1.165) is 6.42 Å². The molecule has 0 spiro atoms. The van der Waals surface area contributed by atoms with E-state index in [-0.39, 0.29) is 18.1 Å². The highest BCUT2D eigenvalue weighted by Gasteiger charge is 2.31. The molecule has 0 aliphatic carbocycles. The molecule has 1 saturated heterocycles. The molecule has 1 amide bonds. The quantitative estimate of drug-likeness (QED) is 0.446. The zero-order valence-corrected chi connectivity index (χ0v) is 14.0. The van der Waals surface area contributed by atoms with Gasteiger partial charge < -0.3 is 10.2 Å². The average molecular weight is 351 g/mol. The van der Waals surface area contributed by atoms with Crippen LogP contribution in [0, 0.1) is 0 Å². The number of carboxylic acids is 1. The topological polar surface area (TPSA) is 77.8 Å². The molecule has 0 aromatic heterocycles. The summed E-state index contributed by atoms with van der Waals surface area (Å²) in [6, 6.07) is 6.80. The monoisotopic (exact) mass is 351 g/mol. The highest BCUT2D eigenvalue weighted by Crippen LogP contribution is 2.34. The van der Waals surface area contributed by atoms with E-state index in [1.54, 1.807) is 30.3 Å². The number of carbonyl (C=O) groups is 2. The van der Waals surface area contributed by atoms with Crippen molar-refractivity contribution in [2.24, 2.45) is 0 Å². The Bertz CT molecular complexity index is 657. The zero-order chi connectivity index (χ0) is 16.8. The van der Waals surface area contributed by atoms with E-state index in [4.69, 9.17) is 17.3 Å². The summed E-state index contributed by atoms with van der Waals surface area (Å²) in [6.45, 7) is 0.488. The van der Waals surface area contributed by atoms with E-state index < -0.39 is 5.97 Å². The number of aliphatic carboxylic acids is 1. The number of carboxylic acid groups (broad SMARTS) is 1. The summed E-state index contributed by atoms with van der Waals surface area (Å²) in [4.78, 5) is 24.8. The van der Waals surface area contributed by atoms with E-state index >= 15 is 0 Å². The van der Waals surface area contributed by atoms with Crippen molar-refractivity contribution in [2.45, 2.75) is 25.7 Å². The molecular weight excluding hydrogens is 334 g/mol. The molecule has 7 heteroatoms. The van der Waals surface area contributed by atoms with E-state index in [2.05, 4.69) is 0 Å². The van der Waals surface area contributed by atoms with Crippen LogP contribution in [0.5, 0.6) is 5.75 Å². The van der Waals surface area contributed by atoms with Gasteiger partial charge in [-0.15, -0.1) is 0 Å². The number of para-hydroxylation sites is 1. The number of rotatable bonds is 7. The Morgan fingerprint density at radius 3 is 2.70 bits per heavy atom. The molecule has 1 aromatic rings. The third kappa shape index (κ3) is 4.80. The fourth-order valence-corrected chi connectivity index (χ4v) is 3.47. The Labute approximate surface area is 144 Å². The fourth-order valence-electron chi connectivity index (χ4n) is 2.17. The van der Waals surface area contributed by atoms with Crippen LogP contribution in [0.3, 0.4) is 0 Å². The molecule has 2 N–H and O–H groups in total. The van der Waals surface area contributed by atoms with Crippen molar-refractivity contribution in [3.63, 3.8) is 0 Å². The van der Waals surface area contributed by atoms with Crippen LogP contribution in [0.15, 0.2) is 29.2 Å². The number of thioether (sulfide) groups is 1. The van der Waals surface area contributed by atoms with Crippen LogP contribution < -0.4 is 0 Å². The molecule has 5 nitrogen and oxygen atoms in total. The Morgan fingerprint density at radius 1 is 1.26 bits per heavy atom. The molecule has 0 bridgehead atoms. The predicted molar refractivity (Wildman–Crippen MR) is 94.1 cm³/mol. The lowest BCUT2D eigenvalue weighted by Crippen LogP contribution is -2.29. The zero-order valence-electron chi connectivity index (χ0n) is 12.4. The number of phenols is 1. The standard InChI is InChI=1S/C16H17NO4S2/c18-12-7-4-3-6-11(12)10-13-15(21)17(16(22)23-13)9-5-1-2-8-14(19)20/h3-4,6-7,10,18H,1-2,5,8-9H2,(H,19,20)/b13-10-. The normalized spacial score (nSPS) is 16.3. The van der Waals surface area contributed by atoms with E-state index in [1.165, 1.54) is 16.7 Å². The molecule has 122 valence electrons. The molecule has 1 fully saturated rings. The second-order valence-corrected chi connectivity index (χ2v) is 6.77. The third-order valence-electron chi connectivity index (χ3n) is 3.37. The lowest BCUT2D eigenvalue weighted by Gasteiger charge is -2.13. The molecule has 0 atom stereocenters. The SMILES string of the molecule is O=C(O)CCCCCN1C(=O)/C(=C/c2ccccc2O)SC1=S. The minimum absolute atomic E-state index is 0.117. The predicted octanol–water partition coefficient (Wildman–Crippen LogP) is 3.24. The molecule has 2 rings (SSSR count). The van der Waals surface area contributed by atoms with Gasteiger partial charge >= 0.3 is 5.97 Å². The highest BCUT2D eigenvalue weighted by molar-refractivity contribution is 8.26. The van der Waals surface area contributed by atoms with Gasteiger partial charge in [-0.1, -0.05) is 48.6 Å². The van der Waals surface area contributed by atoms with Gasteiger partial charge in [0.15, 0.2) is 0 Å². The molecule has 1 heterocycles.